The van der Waals surface area contributed by atoms with Gasteiger partial charge >= 0.3 is 6.18 Å². The van der Waals surface area contributed by atoms with Crippen molar-refractivity contribution in [2.45, 2.75) is 36.8 Å². The minimum absolute atomic E-state index is 0.00983. The van der Waals surface area contributed by atoms with Crippen LogP contribution in [-0.4, -0.2) is 51.6 Å². The molecule has 0 atom stereocenters. The topological polar surface area (TPSA) is 66.9 Å². The molecule has 1 amide bonds. The first-order valence-electron chi connectivity index (χ1n) is 10.3. The molecule has 1 aliphatic heterocycles. The van der Waals surface area contributed by atoms with Gasteiger partial charge in [-0.25, -0.2) is 8.42 Å². The van der Waals surface area contributed by atoms with E-state index in [1.54, 1.807) is 6.07 Å². The molecule has 0 radical (unpaired) electrons. The van der Waals surface area contributed by atoms with Crippen LogP contribution in [0.3, 0.4) is 0 Å². The normalized spacial score (nSPS) is 15.8. The Kier molecular flexibility index (Phi) is 7.45. The molecule has 2 aromatic rings. The van der Waals surface area contributed by atoms with Gasteiger partial charge < -0.3 is 4.74 Å². The molecule has 0 aromatic heterocycles. The monoisotopic (exact) mass is 470 g/mol. The van der Waals surface area contributed by atoms with E-state index in [4.69, 9.17) is 4.74 Å². The molecule has 1 saturated heterocycles. The number of hydrogen-bond donors (Lipinski definition) is 0. The van der Waals surface area contributed by atoms with Gasteiger partial charge in [0.15, 0.2) is 0 Å². The SMILES string of the molecule is COc1ccccc1N(CC(F)(F)F)C(=O)c1ccc(S(=O)(=O)N2CCCCCC2)cc1. The van der Waals surface area contributed by atoms with Crippen molar-refractivity contribution in [2.24, 2.45) is 0 Å². The fourth-order valence-electron chi connectivity index (χ4n) is 3.65. The van der Waals surface area contributed by atoms with Crippen LogP contribution >= 0.6 is 0 Å². The highest BCUT2D eigenvalue weighted by atomic mass is 32.2. The van der Waals surface area contributed by atoms with Gasteiger partial charge in [0.2, 0.25) is 10.0 Å². The number of ether oxygens (including phenoxy) is 1. The molecule has 6 nitrogen and oxygen atoms in total. The van der Waals surface area contributed by atoms with Crippen molar-refractivity contribution < 1.29 is 31.1 Å². The van der Waals surface area contributed by atoms with Gasteiger partial charge in [-0.05, 0) is 49.2 Å². The van der Waals surface area contributed by atoms with Crippen LogP contribution in [-0.2, 0) is 10.0 Å². The van der Waals surface area contributed by atoms with Gasteiger partial charge in [-0.3, -0.25) is 9.69 Å². The van der Waals surface area contributed by atoms with Crippen LogP contribution in [0.1, 0.15) is 36.0 Å². The summed E-state index contributed by atoms with van der Waals surface area (Å²) < 4.78 is 72.1. The number of hydrogen-bond acceptors (Lipinski definition) is 4. The number of anilines is 1. The number of carbonyl (C=O) groups is 1. The quantitative estimate of drug-likeness (QED) is 0.625. The summed E-state index contributed by atoms with van der Waals surface area (Å²) in [5, 5.41) is 0. The maximum absolute atomic E-state index is 13.2. The molecule has 0 aliphatic carbocycles. The first-order chi connectivity index (χ1) is 15.1. The summed E-state index contributed by atoms with van der Waals surface area (Å²) >= 11 is 0. The Morgan fingerprint density at radius 3 is 2.16 bits per heavy atom. The molecule has 2 aromatic carbocycles. The second-order valence-electron chi connectivity index (χ2n) is 7.52. The van der Waals surface area contributed by atoms with Crippen LogP contribution in [0, 0.1) is 0 Å². The number of carbonyl (C=O) groups excluding carboxylic acids is 1. The molecule has 0 saturated carbocycles. The number of nitrogens with zero attached hydrogens (tertiary/aromatic N) is 2. The lowest BCUT2D eigenvalue weighted by molar-refractivity contribution is -0.118. The van der Waals surface area contributed by atoms with Gasteiger partial charge in [0, 0.05) is 18.7 Å². The van der Waals surface area contributed by atoms with Crippen molar-refractivity contribution in [1.82, 2.24) is 4.31 Å². The Morgan fingerprint density at radius 1 is 1.00 bits per heavy atom. The van der Waals surface area contributed by atoms with E-state index in [0.29, 0.717) is 18.0 Å². The summed E-state index contributed by atoms with van der Waals surface area (Å²) in [6.45, 7) is -0.660. The second-order valence-corrected chi connectivity index (χ2v) is 9.46. The lowest BCUT2D eigenvalue weighted by atomic mass is 10.1. The predicted molar refractivity (Wildman–Crippen MR) is 114 cm³/mol. The molecule has 0 spiro atoms. The van der Waals surface area contributed by atoms with Gasteiger partial charge in [-0.15, -0.1) is 0 Å². The zero-order chi connectivity index (χ0) is 23.4. The van der Waals surface area contributed by atoms with E-state index < -0.39 is 28.7 Å². The Morgan fingerprint density at radius 2 is 1.59 bits per heavy atom. The van der Waals surface area contributed by atoms with Crippen molar-refractivity contribution in [3.05, 3.63) is 54.1 Å². The van der Waals surface area contributed by atoms with Crippen LogP contribution in [0.15, 0.2) is 53.4 Å². The molecule has 1 fully saturated rings. The highest BCUT2D eigenvalue weighted by Crippen LogP contribution is 2.32. The number of halogens is 3. The second kappa shape index (κ2) is 9.91. The van der Waals surface area contributed by atoms with Crippen LogP contribution in [0.2, 0.25) is 0 Å². The number of para-hydroxylation sites is 2. The Balaban J connectivity index is 1.90. The first kappa shape index (κ1) is 24.1. The number of amides is 1. The van der Waals surface area contributed by atoms with E-state index in [0.717, 1.165) is 25.7 Å². The van der Waals surface area contributed by atoms with Gasteiger partial charge in [0.25, 0.3) is 5.91 Å². The predicted octanol–water partition coefficient (Wildman–Crippen LogP) is 4.47. The fraction of sp³-hybridized carbons (Fsp3) is 0.409. The molecule has 0 N–H and O–H groups in total. The number of benzene rings is 2. The summed E-state index contributed by atoms with van der Waals surface area (Å²) in [7, 11) is -2.43. The first-order valence-corrected chi connectivity index (χ1v) is 11.7. The molecule has 32 heavy (non-hydrogen) atoms. The summed E-state index contributed by atoms with van der Waals surface area (Å²) in [6.07, 6.45) is -1.15. The summed E-state index contributed by atoms with van der Waals surface area (Å²) in [5.41, 5.74) is -0.0893. The number of methoxy groups -OCH3 is 1. The van der Waals surface area contributed by atoms with Crippen LogP contribution in [0.25, 0.3) is 0 Å². The van der Waals surface area contributed by atoms with Crippen LogP contribution < -0.4 is 9.64 Å². The van der Waals surface area contributed by atoms with Gasteiger partial charge in [0.05, 0.1) is 17.7 Å². The largest absolute Gasteiger partial charge is 0.495 e. The third-order valence-electron chi connectivity index (χ3n) is 5.26. The van der Waals surface area contributed by atoms with Crippen molar-refractivity contribution >= 4 is 21.6 Å². The Labute approximate surface area is 185 Å². The number of sulfonamides is 1. The lowest BCUT2D eigenvalue weighted by Gasteiger charge is -2.26. The maximum Gasteiger partial charge on any atom is 0.406 e. The highest BCUT2D eigenvalue weighted by molar-refractivity contribution is 7.89. The van der Waals surface area contributed by atoms with E-state index in [1.807, 2.05) is 0 Å². The molecule has 174 valence electrons. The fourth-order valence-corrected chi connectivity index (χ4v) is 5.17. The van der Waals surface area contributed by atoms with Crippen molar-refractivity contribution in [1.29, 1.82) is 0 Å². The standard InChI is InChI=1S/C22H25F3N2O4S/c1-31-20-9-5-4-8-19(20)27(16-22(23,24)25)21(28)17-10-12-18(13-11-17)32(29,30)26-14-6-2-3-7-15-26/h4-5,8-13H,2-3,6-7,14-16H2,1H3. The van der Waals surface area contributed by atoms with E-state index in [9.17, 15) is 26.4 Å². The Bertz CT molecular complexity index is 1030. The van der Waals surface area contributed by atoms with E-state index in [-0.39, 0.29) is 21.9 Å². The third kappa shape index (κ3) is 5.60. The minimum atomic E-state index is -4.65. The van der Waals surface area contributed by atoms with Crippen molar-refractivity contribution in [3.63, 3.8) is 0 Å². The van der Waals surface area contributed by atoms with Crippen molar-refractivity contribution in [3.8, 4) is 5.75 Å². The van der Waals surface area contributed by atoms with E-state index >= 15 is 0 Å². The summed E-state index contributed by atoms with van der Waals surface area (Å²) in [6, 6.07) is 10.9. The van der Waals surface area contributed by atoms with Crippen LogP contribution in [0.4, 0.5) is 18.9 Å². The molecule has 1 heterocycles. The molecule has 1 aliphatic rings. The van der Waals surface area contributed by atoms with Crippen molar-refractivity contribution in [2.75, 3.05) is 31.6 Å². The lowest BCUT2D eigenvalue weighted by Crippen LogP contribution is -2.39. The molecular formula is C22H25F3N2O4S. The number of alkyl halides is 3. The number of rotatable bonds is 6. The van der Waals surface area contributed by atoms with Gasteiger partial charge in [-0.1, -0.05) is 25.0 Å². The molecule has 3 rings (SSSR count). The zero-order valence-electron chi connectivity index (χ0n) is 17.6. The molecular weight excluding hydrogens is 445 g/mol. The maximum atomic E-state index is 13.2. The zero-order valence-corrected chi connectivity index (χ0v) is 18.5. The highest BCUT2D eigenvalue weighted by Gasteiger charge is 2.35. The molecule has 0 unspecified atom stereocenters. The smallest absolute Gasteiger partial charge is 0.406 e. The van der Waals surface area contributed by atoms with E-state index in [2.05, 4.69) is 0 Å². The van der Waals surface area contributed by atoms with Gasteiger partial charge in [0.1, 0.15) is 12.3 Å². The molecule has 0 bridgehead atoms. The minimum Gasteiger partial charge on any atom is -0.495 e. The Hall–Kier alpha value is -2.59. The van der Waals surface area contributed by atoms with Crippen LogP contribution in [0.5, 0.6) is 5.75 Å². The average Bonchev–Trinajstić information content (AvgIpc) is 3.07. The summed E-state index contributed by atoms with van der Waals surface area (Å²) in [4.78, 5) is 13.6. The third-order valence-corrected chi connectivity index (χ3v) is 7.18. The summed E-state index contributed by atoms with van der Waals surface area (Å²) in [5.74, 6) is -0.795. The average molecular weight is 471 g/mol. The molecule has 10 heteroatoms. The van der Waals surface area contributed by atoms with Gasteiger partial charge in [-0.2, -0.15) is 17.5 Å². The van der Waals surface area contributed by atoms with E-state index in [1.165, 1.54) is 53.9 Å².